The molecule has 0 N–H and O–H groups in total. The van der Waals surface area contributed by atoms with Crippen LogP contribution in [0.25, 0.3) is 0 Å². The summed E-state index contributed by atoms with van der Waals surface area (Å²) in [4.78, 5) is 0. The van der Waals surface area contributed by atoms with Crippen LogP contribution in [0.1, 0.15) is 41.5 Å². The molecule has 0 spiro atoms. The predicted octanol–water partition coefficient (Wildman–Crippen LogP) is 2.92. The first-order valence-electron chi connectivity index (χ1n) is 8.41. The third kappa shape index (κ3) is 3.01. The van der Waals surface area contributed by atoms with E-state index in [1.165, 1.54) is 0 Å². The SMILES string of the molecule is CC1=CC(C)=[C]([Zr+]([CH3])([C]2=C(C)C=C(C)C2C)[SiH](C)C)C1C.[Cl-]. The number of hydrogen-bond donors (Lipinski definition) is 0. The molecule has 2 unspecified atom stereocenters. The molecule has 0 radical (unpaired) electrons. The zero-order chi connectivity index (χ0) is 16.1. The minimum atomic E-state index is -2.43. The Morgan fingerprint density at radius 3 is 1.32 bits per heavy atom. The van der Waals surface area contributed by atoms with Crippen LogP contribution in [0.2, 0.25) is 17.7 Å². The maximum absolute atomic E-state index is 2.76. The van der Waals surface area contributed by atoms with Gasteiger partial charge < -0.3 is 12.4 Å². The molecule has 3 heteroatoms. The molecule has 0 nitrogen and oxygen atoms in total. The quantitative estimate of drug-likeness (QED) is 0.623. The van der Waals surface area contributed by atoms with Crippen molar-refractivity contribution in [3.63, 3.8) is 0 Å². The van der Waals surface area contributed by atoms with Crippen molar-refractivity contribution in [2.75, 3.05) is 0 Å². The summed E-state index contributed by atoms with van der Waals surface area (Å²) in [7, 11) is 0. The summed E-state index contributed by atoms with van der Waals surface area (Å²) in [6.07, 6.45) is 4.95. The molecule has 0 heterocycles. The van der Waals surface area contributed by atoms with Gasteiger partial charge in [0.1, 0.15) is 0 Å². The van der Waals surface area contributed by atoms with Gasteiger partial charge in [0.05, 0.1) is 0 Å². The predicted molar refractivity (Wildman–Crippen MR) is 96.0 cm³/mol. The Morgan fingerprint density at radius 1 is 0.818 bits per heavy atom. The van der Waals surface area contributed by atoms with E-state index in [-0.39, 0.29) is 12.4 Å². The van der Waals surface area contributed by atoms with Gasteiger partial charge >= 0.3 is 137 Å². The van der Waals surface area contributed by atoms with Crippen molar-refractivity contribution in [2.24, 2.45) is 11.8 Å². The van der Waals surface area contributed by atoms with E-state index in [0.29, 0.717) is 11.8 Å². The van der Waals surface area contributed by atoms with Gasteiger partial charge in [-0.2, -0.15) is 0 Å². The normalized spacial score (nSPS) is 27.9. The monoisotopic (exact) mass is 413 g/mol. The van der Waals surface area contributed by atoms with Gasteiger partial charge in [-0.05, 0) is 0 Å². The van der Waals surface area contributed by atoms with Gasteiger partial charge in [0.2, 0.25) is 0 Å². The topological polar surface area (TPSA) is 0 Å². The molecule has 0 fully saturated rings. The molecule has 0 aliphatic heterocycles. The van der Waals surface area contributed by atoms with Crippen LogP contribution in [0.4, 0.5) is 0 Å². The third-order valence-corrected chi connectivity index (χ3v) is 38.8. The second-order valence-corrected chi connectivity index (χ2v) is 34.0. The van der Waals surface area contributed by atoms with Crippen molar-refractivity contribution in [1.29, 1.82) is 0 Å². The van der Waals surface area contributed by atoms with Crippen LogP contribution < -0.4 is 12.4 Å². The van der Waals surface area contributed by atoms with Crippen molar-refractivity contribution < 1.29 is 31.8 Å². The molecule has 2 aliphatic rings. The molecule has 0 aromatic carbocycles. The van der Waals surface area contributed by atoms with Crippen molar-refractivity contribution in [3.05, 3.63) is 41.0 Å². The van der Waals surface area contributed by atoms with E-state index in [2.05, 4.69) is 71.4 Å². The molecule has 0 aromatic rings. The number of hydrogen-bond acceptors (Lipinski definition) is 0. The van der Waals surface area contributed by atoms with Gasteiger partial charge in [0, 0.05) is 0 Å². The van der Waals surface area contributed by atoms with Crippen molar-refractivity contribution in [1.82, 2.24) is 0 Å². The van der Waals surface area contributed by atoms with Crippen LogP contribution in [0.15, 0.2) is 41.0 Å². The second-order valence-electron chi connectivity index (χ2n) is 7.77. The van der Waals surface area contributed by atoms with E-state index >= 15 is 0 Å². The minimum absolute atomic E-state index is 0. The van der Waals surface area contributed by atoms with Crippen molar-refractivity contribution >= 4 is 5.92 Å². The van der Waals surface area contributed by atoms with Crippen LogP contribution in [-0.4, -0.2) is 5.92 Å². The Labute approximate surface area is 149 Å². The fourth-order valence-electron chi connectivity index (χ4n) is 4.71. The van der Waals surface area contributed by atoms with E-state index in [1.54, 1.807) is 22.3 Å². The Kier molecular flexibility index (Phi) is 6.56. The van der Waals surface area contributed by atoms with Crippen LogP contribution in [0.3, 0.4) is 0 Å². The molecule has 0 amide bonds. The fraction of sp³-hybridized carbons (Fsp3) is 0.579. The van der Waals surface area contributed by atoms with Gasteiger partial charge in [0.25, 0.3) is 0 Å². The van der Waals surface area contributed by atoms with E-state index in [1.807, 2.05) is 6.56 Å². The zero-order valence-electron chi connectivity index (χ0n) is 15.8. The van der Waals surface area contributed by atoms with Gasteiger partial charge in [-0.25, -0.2) is 0 Å². The van der Waals surface area contributed by atoms with Crippen molar-refractivity contribution in [2.45, 2.75) is 59.3 Å². The maximum atomic E-state index is 2.76. The van der Waals surface area contributed by atoms with Crippen LogP contribution in [0.5, 0.6) is 0 Å². The summed E-state index contributed by atoms with van der Waals surface area (Å²) in [6, 6.07) is 0. The average Bonchev–Trinajstić information content (AvgIpc) is 2.76. The van der Waals surface area contributed by atoms with Gasteiger partial charge in [-0.1, -0.05) is 0 Å². The molecular weight excluding hydrogens is 383 g/mol. The maximum Gasteiger partial charge on any atom is -1.00 e. The van der Waals surface area contributed by atoms with E-state index < -0.39 is 25.4 Å². The summed E-state index contributed by atoms with van der Waals surface area (Å²) < 4.78 is 6.61. The standard InChI is InChI=1S/2C8H11.C2H7Si.CH3.ClH.Zr/c2*1-6-4-7(2)8(3)5-6;1-3-2;;;/h2*4,8H,1-3H3;3H,1-2H3;1H3;1H;/q;;;;;+1/p-1. The van der Waals surface area contributed by atoms with E-state index in [0.717, 1.165) is 0 Å². The van der Waals surface area contributed by atoms with E-state index in [4.69, 9.17) is 0 Å². The van der Waals surface area contributed by atoms with Crippen LogP contribution in [0, 0.1) is 11.8 Å². The number of allylic oxidation sites excluding steroid dienone is 8. The molecular formula is C19H32ClSiZr. The summed E-state index contributed by atoms with van der Waals surface area (Å²) in [5.74, 6) is 0.718. The molecule has 0 saturated heterocycles. The van der Waals surface area contributed by atoms with Gasteiger partial charge in [-0.15, -0.1) is 0 Å². The molecule has 22 heavy (non-hydrogen) atoms. The summed E-state index contributed by atoms with van der Waals surface area (Å²) in [6.45, 7) is 19.6. The fourth-order valence-corrected chi connectivity index (χ4v) is 31.4. The average molecular weight is 415 g/mol. The molecule has 2 rings (SSSR count). The molecule has 0 aromatic heterocycles. The van der Waals surface area contributed by atoms with E-state index in [9.17, 15) is 0 Å². The largest absolute Gasteiger partial charge is 1.00 e. The summed E-state index contributed by atoms with van der Waals surface area (Å²) in [5.41, 5.74) is 6.43. The van der Waals surface area contributed by atoms with Crippen molar-refractivity contribution in [3.8, 4) is 0 Å². The second kappa shape index (κ2) is 7.08. The summed E-state index contributed by atoms with van der Waals surface area (Å²) >= 11 is -2.43. The third-order valence-electron chi connectivity index (χ3n) is 6.24. The Bertz CT molecular complexity index is 547. The van der Waals surface area contributed by atoms with Crippen LogP contribution in [-0.2, 0) is 19.4 Å². The van der Waals surface area contributed by atoms with Gasteiger partial charge in [-0.3, -0.25) is 0 Å². The molecule has 2 atom stereocenters. The summed E-state index contributed by atoms with van der Waals surface area (Å²) in [5, 5.41) is 0. The smallest absolute Gasteiger partial charge is 1.00 e. The number of halogens is 1. The van der Waals surface area contributed by atoms with Gasteiger partial charge in [0.15, 0.2) is 0 Å². The first-order valence-corrected chi connectivity index (χ1v) is 20.5. The van der Waals surface area contributed by atoms with Crippen LogP contribution >= 0.6 is 0 Å². The minimum Gasteiger partial charge on any atom is -1.00 e. The molecule has 2 aliphatic carbocycles. The Balaban J connectivity index is 0.00000242. The Morgan fingerprint density at radius 2 is 1.14 bits per heavy atom. The zero-order valence-corrected chi connectivity index (χ0v) is 20.1. The first-order chi connectivity index (χ1) is 9.62. The first kappa shape index (κ1) is 20.4. The molecule has 0 bridgehead atoms. The molecule has 123 valence electrons. The Hall–Kier alpha value is 0.350. The molecule has 0 saturated carbocycles. The number of rotatable bonds is 3.